The van der Waals surface area contributed by atoms with Gasteiger partial charge in [0.2, 0.25) is 0 Å². The van der Waals surface area contributed by atoms with Gasteiger partial charge in [-0.1, -0.05) is 34.5 Å². The van der Waals surface area contributed by atoms with Crippen LogP contribution >= 0.6 is 11.6 Å². The van der Waals surface area contributed by atoms with Crippen molar-refractivity contribution in [2.75, 3.05) is 37.8 Å². The van der Waals surface area contributed by atoms with Gasteiger partial charge in [0.15, 0.2) is 0 Å². The third-order valence-corrected chi connectivity index (χ3v) is 5.26. The SMILES string of the molecule is CN(C)CCC#Cc1cccc(Nc2ncc3c([n+]2[O-])-c2ccc(Cl)cc2NCC3)c1. The minimum absolute atomic E-state index is 0.222. The van der Waals surface area contributed by atoms with E-state index in [0.717, 1.165) is 45.8 Å². The lowest BCUT2D eigenvalue weighted by molar-refractivity contribution is -0.581. The van der Waals surface area contributed by atoms with Crippen LogP contribution in [0.15, 0.2) is 48.7 Å². The third kappa shape index (κ3) is 4.91. The van der Waals surface area contributed by atoms with Crippen molar-refractivity contribution in [3.8, 4) is 23.1 Å². The van der Waals surface area contributed by atoms with Gasteiger partial charge in [0.1, 0.15) is 17.6 Å². The van der Waals surface area contributed by atoms with E-state index in [1.54, 1.807) is 12.3 Å². The molecular formula is C24H24ClN5O. The van der Waals surface area contributed by atoms with Crippen molar-refractivity contribution >= 4 is 28.9 Å². The molecule has 1 aliphatic heterocycles. The molecule has 3 aromatic rings. The van der Waals surface area contributed by atoms with Crippen molar-refractivity contribution in [3.05, 3.63) is 70.0 Å². The highest BCUT2D eigenvalue weighted by Crippen LogP contribution is 2.33. The molecule has 2 aromatic carbocycles. The number of anilines is 3. The molecule has 2 N–H and O–H groups in total. The maximum Gasteiger partial charge on any atom is 0.397 e. The molecule has 0 spiro atoms. The normalized spacial score (nSPS) is 12.1. The van der Waals surface area contributed by atoms with Gasteiger partial charge in [0.05, 0.1) is 0 Å². The van der Waals surface area contributed by atoms with Gasteiger partial charge in [-0.25, -0.2) is 10.0 Å². The summed E-state index contributed by atoms with van der Waals surface area (Å²) in [4.78, 5) is 6.49. The standard InChI is InChI=1S/C24H24ClN5O/c1-29(2)13-4-3-6-17-7-5-8-20(14-17)28-24-27-16-18-11-12-26-22-15-19(25)9-10-21(22)23(18)30(24)31/h5,7-10,14-16,26H,4,11-13H2,1-2H3,(H,27,28). The van der Waals surface area contributed by atoms with E-state index in [1.807, 2.05) is 50.5 Å². The summed E-state index contributed by atoms with van der Waals surface area (Å²) in [5.74, 6) is 6.58. The van der Waals surface area contributed by atoms with Crippen molar-refractivity contribution in [1.29, 1.82) is 0 Å². The molecule has 0 saturated heterocycles. The van der Waals surface area contributed by atoms with E-state index in [4.69, 9.17) is 11.6 Å². The predicted octanol–water partition coefficient (Wildman–Crippen LogP) is 4.05. The Bertz CT molecular complexity index is 1170. The van der Waals surface area contributed by atoms with Crippen LogP contribution in [0.3, 0.4) is 0 Å². The summed E-state index contributed by atoms with van der Waals surface area (Å²) in [5.41, 5.74) is 4.81. The summed E-state index contributed by atoms with van der Waals surface area (Å²) in [7, 11) is 4.06. The zero-order valence-electron chi connectivity index (χ0n) is 17.6. The van der Waals surface area contributed by atoms with Gasteiger partial charge in [-0.15, -0.1) is 0 Å². The largest absolute Gasteiger partial charge is 0.740 e. The van der Waals surface area contributed by atoms with Gasteiger partial charge in [-0.2, -0.15) is 0 Å². The van der Waals surface area contributed by atoms with Crippen LogP contribution in [0.4, 0.5) is 17.3 Å². The van der Waals surface area contributed by atoms with Crippen molar-refractivity contribution in [3.63, 3.8) is 0 Å². The first-order valence-electron chi connectivity index (χ1n) is 10.2. The number of rotatable bonds is 4. The van der Waals surface area contributed by atoms with Crippen molar-refractivity contribution in [2.45, 2.75) is 12.8 Å². The van der Waals surface area contributed by atoms with Gasteiger partial charge >= 0.3 is 5.95 Å². The Balaban J connectivity index is 1.63. The number of hydrogen-bond donors (Lipinski definition) is 2. The highest BCUT2D eigenvalue weighted by Gasteiger charge is 2.22. The minimum Gasteiger partial charge on any atom is -0.740 e. The van der Waals surface area contributed by atoms with E-state index in [0.29, 0.717) is 23.7 Å². The number of aromatic nitrogens is 2. The van der Waals surface area contributed by atoms with Crippen molar-refractivity contribution in [2.24, 2.45) is 0 Å². The molecule has 31 heavy (non-hydrogen) atoms. The van der Waals surface area contributed by atoms with E-state index < -0.39 is 0 Å². The highest BCUT2D eigenvalue weighted by molar-refractivity contribution is 6.31. The Morgan fingerprint density at radius 3 is 2.97 bits per heavy atom. The average Bonchev–Trinajstić information content (AvgIpc) is 2.92. The van der Waals surface area contributed by atoms with E-state index in [2.05, 4.69) is 32.4 Å². The van der Waals surface area contributed by atoms with Crippen LogP contribution in [-0.4, -0.2) is 37.1 Å². The molecule has 7 heteroatoms. The fourth-order valence-electron chi connectivity index (χ4n) is 3.49. The van der Waals surface area contributed by atoms with Gasteiger partial charge in [0, 0.05) is 46.9 Å². The fourth-order valence-corrected chi connectivity index (χ4v) is 3.66. The quantitative estimate of drug-likeness (QED) is 0.369. The van der Waals surface area contributed by atoms with Crippen LogP contribution < -0.4 is 15.4 Å². The monoisotopic (exact) mass is 433 g/mol. The van der Waals surface area contributed by atoms with Crippen LogP contribution in [0.2, 0.25) is 5.02 Å². The molecule has 0 unspecified atom stereocenters. The van der Waals surface area contributed by atoms with Crippen LogP contribution in [-0.2, 0) is 6.42 Å². The number of fused-ring (bicyclic) bond motifs is 3. The van der Waals surface area contributed by atoms with Gasteiger partial charge in [-0.05, 0) is 56.9 Å². The first kappa shape index (κ1) is 21.0. The van der Waals surface area contributed by atoms with E-state index in [-0.39, 0.29) is 5.95 Å². The van der Waals surface area contributed by atoms with Gasteiger partial charge < -0.3 is 15.4 Å². The van der Waals surface area contributed by atoms with Crippen LogP contribution in [0, 0.1) is 17.0 Å². The summed E-state index contributed by atoms with van der Waals surface area (Å²) in [6.07, 6.45) is 3.27. The Labute approximate surface area is 187 Å². The maximum absolute atomic E-state index is 13.3. The Kier molecular flexibility index (Phi) is 6.26. The zero-order chi connectivity index (χ0) is 21.8. The Morgan fingerprint density at radius 2 is 2.13 bits per heavy atom. The zero-order valence-corrected chi connectivity index (χ0v) is 18.3. The van der Waals surface area contributed by atoms with E-state index >= 15 is 0 Å². The first-order valence-corrected chi connectivity index (χ1v) is 10.5. The topological polar surface area (TPSA) is 67.1 Å². The average molecular weight is 434 g/mol. The first-order chi connectivity index (χ1) is 15.0. The number of nitrogens with one attached hydrogen (secondary N) is 2. The third-order valence-electron chi connectivity index (χ3n) is 5.02. The summed E-state index contributed by atoms with van der Waals surface area (Å²) < 4.78 is 0.866. The molecule has 0 fully saturated rings. The molecule has 4 rings (SSSR count). The van der Waals surface area contributed by atoms with E-state index in [1.165, 1.54) is 0 Å². The number of halogens is 1. The smallest absolute Gasteiger partial charge is 0.397 e. The predicted molar refractivity (Wildman–Crippen MR) is 126 cm³/mol. The van der Waals surface area contributed by atoms with Crippen LogP contribution in [0.25, 0.3) is 11.3 Å². The summed E-state index contributed by atoms with van der Waals surface area (Å²) in [6.45, 7) is 1.63. The van der Waals surface area contributed by atoms with Gasteiger partial charge in [-0.3, -0.25) is 0 Å². The molecule has 0 aliphatic carbocycles. The minimum atomic E-state index is 0.222. The molecule has 0 atom stereocenters. The lowest BCUT2D eigenvalue weighted by atomic mass is 10.1. The number of hydrogen-bond acceptors (Lipinski definition) is 5. The lowest BCUT2D eigenvalue weighted by Gasteiger charge is -2.17. The molecule has 0 saturated carbocycles. The number of nitrogens with zero attached hydrogens (tertiary/aromatic N) is 3. The Hall–Kier alpha value is -3.27. The molecule has 1 aliphatic rings. The number of benzene rings is 2. The summed E-state index contributed by atoms with van der Waals surface area (Å²) >= 11 is 6.15. The summed E-state index contributed by atoms with van der Waals surface area (Å²) in [6, 6.07) is 13.2. The molecule has 6 nitrogen and oxygen atoms in total. The molecule has 0 radical (unpaired) electrons. The summed E-state index contributed by atoms with van der Waals surface area (Å²) in [5, 5.41) is 20.4. The lowest BCUT2D eigenvalue weighted by Crippen LogP contribution is -2.35. The maximum atomic E-state index is 13.3. The van der Waals surface area contributed by atoms with Gasteiger partial charge in [0.25, 0.3) is 0 Å². The molecule has 158 valence electrons. The molecular weight excluding hydrogens is 410 g/mol. The molecule has 2 heterocycles. The fraction of sp³-hybridized carbons (Fsp3) is 0.250. The van der Waals surface area contributed by atoms with Crippen molar-refractivity contribution < 1.29 is 4.73 Å². The second-order valence-electron chi connectivity index (χ2n) is 7.68. The second-order valence-corrected chi connectivity index (χ2v) is 8.11. The van der Waals surface area contributed by atoms with Crippen LogP contribution in [0.1, 0.15) is 17.5 Å². The van der Waals surface area contributed by atoms with Crippen LogP contribution in [0.5, 0.6) is 0 Å². The van der Waals surface area contributed by atoms with E-state index in [9.17, 15) is 5.21 Å². The van der Waals surface area contributed by atoms with Crippen molar-refractivity contribution in [1.82, 2.24) is 9.88 Å². The molecule has 0 bridgehead atoms. The molecule has 1 aromatic heterocycles. The second kappa shape index (κ2) is 9.25. The Morgan fingerprint density at radius 1 is 1.26 bits per heavy atom. The molecule has 0 amide bonds. The highest BCUT2D eigenvalue weighted by atomic mass is 35.5.